The highest BCUT2D eigenvalue weighted by atomic mass is 14.3. The molecule has 1 aliphatic rings. The van der Waals surface area contributed by atoms with Gasteiger partial charge in [-0.2, -0.15) is 0 Å². The zero-order valence-electron chi connectivity index (χ0n) is 17.1. The van der Waals surface area contributed by atoms with E-state index >= 15 is 0 Å². The van der Waals surface area contributed by atoms with Gasteiger partial charge in [0.25, 0.3) is 0 Å². The van der Waals surface area contributed by atoms with Crippen molar-refractivity contribution in [2.75, 3.05) is 0 Å². The normalized spacial score (nSPS) is 22.0. The predicted octanol–water partition coefficient (Wildman–Crippen LogP) is 8.09. The zero-order chi connectivity index (χ0) is 17.5. The van der Waals surface area contributed by atoms with Crippen molar-refractivity contribution >= 4 is 0 Å². The number of rotatable bonds is 8. The fourth-order valence-electron chi connectivity index (χ4n) is 4.18. The number of allylic oxidation sites excluding steroid dienone is 4. The lowest BCUT2D eigenvalue weighted by atomic mass is 9.69. The van der Waals surface area contributed by atoms with Crippen LogP contribution in [0.1, 0.15) is 106 Å². The van der Waals surface area contributed by atoms with Crippen molar-refractivity contribution in [3.63, 3.8) is 0 Å². The highest BCUT2D eigenvalue weighted by Crippen LogP contribution is 2.42. The maximum absolute atomic E-state index is 2.55. The highest BCUT2D eigenvalue weighted by Gasteiger charge is 2.29. The Morgan fingerprint density at radius 3 is 2.35 bits per heavy atom. The van der Waals surface area contributed by atoms with Crippen molar-refractivity contribution in [1.29, 1.82) is 0 Å². The summed E-state index contributed by atoms with van der Waals surface area (Å²) in [5.74, 6) is 1.76. The Bertz CT molecular complexity index is 412. The second kappa shape index (κ2) is 9.70. The van der Waals surface area contributed by atoms with Gasteiger partial charge in [0.05, 0.1) is 0 Å². The van der Waals surface area contributed by atoms with Crippen molar-refractivity contribution in [3.05, 3.63) is 22.8 Å². The molecule has 0 nitrogen and oxygen atoms in total. The van der Waals surface area contributed by atoms with Crippen LogP contribution in [-0.2, 0) is 0 Å². The van der Waals surface area contributed by atoms with Gasteiger partial charge in [-0.15, -0.1) is 0 Å². The molecule has 0 N–H and O–H groups in total. The average molecular weight is 319 g/mol. The molecule has 0 amide bonds. The first-order valence-electron chi connectivity index (χ1n) is 10.2. The first-order valence-corrected chi connectivity index (χ1v) is 10.2. The Morgan fingerprint density at radius 1 is 1.09 bits per heavy atom. The molecule has 0 heteroatoms. The monoisotopic (exact) mass is 318 g/mol. The lowest BCUT2D eigenvalue weighted by Gasteiger charge is -2.36. The van der Waals surface area contributed by atoms with E-state index in [0.717, 1.165) is 11.8 Å². The van der Waals surface area contributed by atoms with Crippen molar-refractivity contribution in [2.24, 2.45) is 17.3 Å². The maximum Gasteiger partial charge on any atom is -0.0136 e. The Labute approximate surface area is 146 Å². The summed E-state index contributed by atoms with van der Waals surface area (Å²) < 4.78 is 0. The summed E-state index contributed by atoms with van der Waals surface area (Å²) in [6.07, 6.45) is 14.3. The third-order valence-corrected chi connectivity index (χ3v) is 6.63. The van der Waals surface area contributed by atoms with Crippen LogP contribution < -0.4 is 0 Å². The van der Waals surface area contributed by atoms with Gasteiger partial charge in [0, 0.05) is 0 Å². The summed E-state index contributed by atoms with van der Waals surface area (Å²) in [4.78, 5) is 0. The summed E-state index contributed by atoms with van der Waals surface area (Å²) in [5.41, 5.74) is 5.50. The Balaban J connectivity index is 2.87. The molecule has 0 spiro atoms. The summed E-state index contributed by atoms with van der Waals surface area (Å²) in [6.45, 7) is 16.8. The number of hydrogen-bond donors (Lipinski definition) is 0. The van der Waals surface area contributed by atoms with Crippen LogP contribution in [0.3, 0.4) is 0 Å². The molecular weight excluding hydrogens is 276 g/mol. The molecule has 0 radical (unpaired) electrons. The van der Waals surface area contributed by atoms with Crippen LogP contribution >= 0.6 is 0 Å². The predicted molar refractivity (Wildman–Crippen MR) is 106 cm³/mol. The van der Waals surface area contributed by atoms with Gasteiger partial charge in [-0.05, 0) is 69.6 Å². The van der Waals surface area contributed by atoms with Gasteiger partial charge >= 0.3 is 0 Å². The van der Waals surface area contributed by atoms with Gasteiger partial charge in [0.2, 0.25) is 0 Å². The maximum atomic E-state index is 2.55. The molecule has 1 rings (SSSR count). The van der Waals surface area contributed by atoms with Crippen LogP contribution in [0.15, 0.2) is 22.8 Å². The molecule has 134 valence electrons. The zero-order valence-corrected chi connectivity index (χ0v) is 17.1. The van der Waals surface area contributed by atoms with Crippen LogP contribution in [0.5, 0.6) is 0 Å². The summed E-state index contributed by atoms with van der Waals surface area (Å²) in [7, 11) is 0. The molecule has 0 heterocycles. The molecule has 0 aromatic carbocycles. The molecule has 0 fully saturated rings. The quantitative estimate of drug-likeness (QED) is 0.397. The van der Waals surface area contributed by atoms with Crippen molar-refractivity contribution in [1.82, 2.24) is 0 Å². The Morgan fingerprint density at radius 2 is 1.78 bits per heavy atom. The van der Waals surface area contributed by atoms with Crippen LogP contribution in [-0.4, -0.2) is 0 Å². The average Bonchev–Trinajstić information content (AvgIpc) is 2.54. The fraction of sp³-hybridized carbons (Fsp3) is 0.826. The van der Waals surface area contributed by atoms with E-state index in [1.54, 1.807) is 16.7 Å². The molecule has 0 saturated carbocycles. The van der Waals surface area contributed by atoms with Gasteiger partial charge in [-0.1, -0.05) is 76.7 Å². The Kier molecular flexibility index (Phi) is 8.65. The molecule has 23 heavy (non-hydrogen) atoms. The van der Waals surface area contributed by atoms with Gasteiger partial charge in [0.15, 0.2) is 0 Å². The third-order valence-electron chi connectivity index (χ3n) is 6.63. The van der Waals surface area contributed by atoms with E-state index in [-0.39, 0.29) is 0 Å². The lowest BCUT2D eigenvalue weighted by Crippen LogP contribution is -2.24. The molecule has 0 aromatic heterocycles. The molecule has 0 saturated heterocycles. The second-order valence-corrected chi connectivity index (χ2v) is 8.59. The smallest absolute Gasteiger partial charge is 0.0136 e. The summed E-state index contributed by atoms with van der Waals surface area (Å²) in [6, 6.07) is 0. The molecule has 3 atom stereocenters. The van der Waals surface area contributed by atoms with Gasteiger partial charge in [-0.3, -0.25) is 0 Å². The van der Waals surface area contributed by atoms with E-state index < -0.39 is 0 Å². The van der Waals surface area contributed by atoms with E-state index in [1.165, 1.54) is 57.8 Å². The molecule has 0 aliphatic heterocycles. The molecular formula is C23H42. The van der Waals surface area contributed by atoms with Crippen LogP contribution in [0, 0.1) is 17.3 Å². The fourth-order valence-corrected chi connectivity index (χ4v) is 4.18. The van der Waals surface area contributed by atoms with Crippen LogP contribution in [0.25, 0.3) is 0 Å². The van der Waals surface area contributed by atoms with E-state index in [9.17, 15) is 0 Å². The first kappa shape index (κ1) is 20.5. The van der Waals surface area contributed by atoms with Crippen molar-refractivity contribution in [3.8, 4) is 0 Å². The van der Waals surface area contributed by atoms with Gasteiger partial charge < -0.3 is 0 Å². The van der Waals surface area contributed by atoms with Crippen molar-refractivity contribution in [2.45, 2.75) is 106 Å². The van der Waals surface area contributed by atoms with Gasteiger partial charge in [0.1, 0.15) is 0 Å². The van der Waals surface area contributed by atoms with E-state index in [0.29, 0.717) is 5.41 Å². The summed E-state index contributed by atoms with van der Waals surface area (Å²) in [5, 5.41) is 0. The lowest BCUT2D eigenvalue weighted by molar-refractivity contribution is 0.179. The van der Waals surface area contributed by atoms with Crippen LogP contribution in [0.2, 0.25) is 0 Å². The Hall–Kier alpha value is -0.520. The van der Waals surface area contributed by atoms with Crippen molar-refractivity contribution < 1.29 is 0 Å². The van der Waals surface area contributed by atoms with Crippen LogP contribution in [0.4, 0.5) is 0 Å². The second-order valence-electron chi connectivity index (χ2n) is 8.59. The minimum Gasteiger partial charge on any atom is -0.0815 e. The molecule has 1 aliphatic carbocycles. The molecule has 0 aromatic rings. The number of hydrogen-bond acceptors (Lipinski definition) is 0. The molecule has 3 unspecified atom stereocenters. The first-order chi connectivity index (χ1) is 10.8. The van der Waals surface area contributed by atoms with E-state index in [2.05, 4.69) is 54.5 Å². The SMILES string of the molecule is CCC(C)C(CC)CC(C)(CC)CC1=C(C)CC=C(C)CCC1. The molecule has 0 bridgehead atoms. The third kappa shape index (κ3) is 6.48. The van der Waals surface area contributed by atoms with E-state index in [4.69, 9.17) is 0 Å². The minimum atomic E-state index is 0.485. The summed E-state index contributed by atoms with van der Waals surface area (Å²) >= 11 is 0. The standard InChI is InChI=1S/C23H42/c1-8-19(5)21(9-2)16-23(7,10-3)17-22-13-11-12-18(4)14-15-20(22)6/h14,19,21H,8-13,15-17H2,1-7H3. The minimum absolute atomic E-state index is 0.485. The highest BCUT2D eigenvalue weighted by molar-refractivity contribution is 5.20. The van der Waals surface area contributed by atoms with Gasteiger partial charge in [-0.25, -0.2) is 0 Å². The largest absolute Gasteiger partial charge is 0.0815 e. The van der Waals surface area contributed by atoms with E-state index in [1.807, 2.05) is 0 Å². The topological polar surface area (TPSA) is 0 Å².